The highest BCUT2D eigenvalue weighted by Crippen LogP contribution is 2.43. The van der Waals surface area contributed by atoms with Crippen LogP contribution in [0.25, 0.3) is 0 Å². The molecule has 0 fully saturated rings. The van der Waals surface area contributed by atoms with Crippen LogP contribution < -0.4 is 14.8 Å². The molecule has 4 rings (SSSR count). The van der Waals surface area contributed by atoms with Gasteiger partial charge in [0, 0.05) is 12.6 Å². The highest BCUT2D eigenvalue weighted by atomic mass is 16.5. The van der Waals surface area contributed by atoms with E-state index < -0.39 is 12.0 Å². The number of carbonyl (C=O) groups is 2. The van der Waals surface area contributed by atoms with Crippen LogP contribution >= 0.6 is 0 Å². The zero-order chi connectivity index (χ0) is 22.7. The smallest absolute Gasteiger partial charge is 0.254 e. The molecule has 0 saturated heterocycles. The summed E-state index contributed by atoms with van der Waals surface area (Å²) < 4.78 is 11.0. The minimum atomic E-state index is -0.600. The van der Waals surface area contributed by atoms with Crippen molar-refractivity contribution in [2.45, 2.75) is 18.9 Å². The number of ether oxygens (including phenoxy) is 2. The molecule has 1 heterocycles. The molecular formula is C26H26N2O4. The lowest BCUT2D eigenvalue weighted by molar-refractivity contribution is -0.119. The van der Waals surface area contributed by atoms with Crippen molar-refractivity contribution in [2.24, 2.45) is 0 Å². The number of hydrogen-bond acceptors (Lipinski definition) is 4. The van der Waals surface area contributed by atoms with Crippen molar-refractivity contribution in [1.29, 1.82) is 0 Å². The van der Waals surface area contributed by atoms with Crippen molar-refractivity contribution in [1.82, 2.24) is 4.90 Å². The molecule has 1 N–H and O–H groups in total. The van der Waals surface area contributed by atoms with Gasteiger partial charge in [0.15, 0.2) is 0 Å². The third-order valence-electron chi connectivity index (χ3n) is 5.76. The topological polar surface area (TPSA) is 67.9 Å². The van der Waals surface area contributed by atoms with Gasteiger partial charge in [0.05, 0.1) is 31.4 Å². The van der Waals surface area contributed by atoms with Crippen LogP contribution in [0.2, 0.25) is 0 Å². The first-order valence-corrected chi connectivity index (χ1v) is 10.6. The average molecular weight is 431 g/mol. The Bertz CT molecular complexity index is 1130. The minimum Gasteiger partial charge on any atom is -0.497 e. The van der Waals surface area contributed by atoms with Gasteiger partial charge in [0.2, 0.25) is 5.91 Å². The number of rotatable bonds is 6. The van der Waals surface area contributed by atoms with Gasteiger partial charge in [-0.2, -0.15) is 0 Å². The quantitative estimate of drug-likeness (QED) is 0.619. The number of likely N-dealkylation sites (N-methyl/N-ethyl adjacent to an activating group) is 1. The van der Waals surface area contributed by atoms with Crippen LogP contribution in [-0.4, -0.2) is 37.5 Å². The monoisotopic (exact) mass is 430 g/mol. The van der Waals surface area contributed by atoms with E-state index in [-0.39, 0.29) is 11.8 Å². The van der Waals surface area contributed by atoms with E-state index in [1.54, 1.807) is 25.1 Å². The molecule has 0 spiro atoms. The van der Waals surface area contributed by atoms with E-state index in [2.05, 4.69) is 5.32 Å². The molecule has 0 radical (unpaired) electrons. The van der Waals surface area contributed by atoms with E-state index >= 15 is 0 Å². The normalized spacial score (nSPS) is 17.5. The molecule has 3 aromatic carbocycles. The third-order valence-corrected chi connectivity index (χ3v) is 5.76. The number of carbonyl (C=O) groups excluding carboxylic acids is 2. The minimum absolute atomic E-state index is 0.111. The first kappa shape index (κ1) is 21.4. The van der Waals surface area contributed by atoms with E-state index in [9.17, 15) is 9.59 Å². The summed E-state index contributed by atoms with van der Waals surface area (Å²) in [5.41, 5.74) is 2.71. The molecule has 3 aromatic rings. The summed E-state index contributed by atoms with van der Waals surface area (Å²) in [6, 6.07) is 21.7. The first-order valence-electron chi connectivity index (χ1n) is 10.6. The predicted molar refractivity (Wildman–Crippen MR) is 123 cm³/mol. The van der Waals surface area contributed by atoms with Crippen molar-refractivity contribution >= 4 is 17.5 Å². The van der Waals surface area contributed by atoms with Crippen LogP contribution in [0.5, 0.6) is 11.5 Å². The lowest BCUT2D eigenvalue weighted by atomic mass is 9.79. The summed E-state index contributed by atoms with van der Waals surface area (Å²) in [6.07, 6.45) is 0. The Morgan fingerprint density at radius 1 is 1.00 bits per heavy atom. The zero-order valence-corrected chi connectivity index (χ0v) is 18.4. The lowest BCUT2D eigenvalue weighted by Crippen LogP contribution is -2.44. The van der Waals surface area contributed by atoms with Gasteiger partial charge in [0.25, 0.3) is 5.91 Å². The third kappa shape index (κ3) is 3.91. The standard InChI is InChI=1S/C26H26N2O4/c1-4-32-22-12-8-7-11-21(22)27-25(29)23-19-9-5-6-10-20(19)26(30)28(2)24(23)17-13-15-18(31-3)16-14-17/h5-16,23-24H,4H2,1-3H3,(H,27,29). The fourth-order valence-electron chi connectivity index (χ4n) is 4.24. The molecule has 1 aliphatic rings. The first-order chi connectivity index (χ1) is 15.5. The largest absolute Gasteiger partial charge is 0.497 e. The number of methoxy groups -OCH3 is 1. The van der Waals surface area contributed by atoms with Crippen molar-refractivity contribution in [3.63, 3.8) is 0 Å². The van der Waals surface area contributed by atoms with Gasteiger partial charge >= 0.3 is 0 Å². The summed E-state index contributed by atoms with van der Waals surface area (Å²) in [5, 5.41) is 3.04. The molecule has 2 atom stereocenters. The van der Waals surface area contributed by atoms with Gasteiger partial charge < -0.3 is 19.7 Å². The summed E-state index contributed by atoms with van der Waals surface area (Å²) in [6.45, 7) is 2.39. The Morgan fingerprint density at radius 2 is 1.69 bits per heavy atom. The maximum Gasteiger partial charge on any atom is 0.254 e. The second kappa shape index (κ2) is 9.14. The van der Waals surface area contributed by atoms with Gasteiger partial charge in [-0.25, -0.2) is 0 Å². The number of hydrogen-bond donors (Lipinski definition) is 1. The van der Waals surface area contributed by atoms with Gasteiger partial charge in [0.1, 0.15) is 11.5 Å². The van der Waals surface area contributed by atoms with Gasteiger partial charge in [-0.3, -0.25) is 9.59 Å². The Morgan fingerprint density at radius 3 is 2.41 bits per heavy atom. The van der Waals surface area contributed by atoms with Crippen molar-refractivity contribution in [3.8, 4) is 11.5 Å². The SMILES string of the molecule is CCOc1ccccc1NC(=O)C1c2ccccc2C(=O)N(C)C1c1ccc(OC)cc1. The number of para-hydroxylation sites is 2. The number of benzene rings is 3. The average Bonchev–Trinajstić information content (AvgIpc) is 2.82. The molecule has 6 heteroatoms. The van der Waals surface area contributed by atoms with Crippen LogP contribution in [-0.2, 0) is 4.79 Å². The predicted octanol–water partition coefficient (Wildman–Crippen LogP) is 4.64. The molecule has 0 aliphatic carbocycles. The summed E-state index contributed by atoms with van der Waals surface area (Å²) >= 11 is 0. The molecule has 164 valence electrons. The second-order valence-corrected chi connectivity index (χ2v) is 7.62. The molecule has 2 amide bonds. The Kier molecular flexibility index (Phi) is 6.12. The molecule has 0 aromatic heterocycles. The number of nitrogens with one attached hydrogen (secondary N) is 1. The maximum atomic E-state index is 13.7. The van der Waals surface area contributed by atoms with Crippen molar-refractivity contribution in [3.05, 3.63) is 89.5 Å². The van der Waals surface area contributed by atoms with Gasteiger partial charge in [-0.05, 0) is 48.4 Å². The molecule has 32 heavy (non-hydrogen) atoms. The van der Waals surface area contributed by atoms with Crippen LogP contribution in [0.1, 0.15) is 40.4 Å². The maximum absolute atomic E-state index is 13.7. The number of anilines is 1. The summed E-state index contributed by atoms with van der Waals surface area (Å²) in [7, 11) is 3.34. The number of fused-ring (bicyclic) bond motifs is 1. The van der Waals surface area contributed by atoms with E-state index in [0.717, 1.165) is 5.56 Å². The zero-order valence-electron chi connectivity index (χ0n) is 18.4. The second-order valence-electron chi connectivity index (χ2n) is 7.62. The highest BCUT2D eigenvalue weighted by Gasteiger charge is 2.42. The highest BCUT2D eigenvalue weighted by molar-refractivity contribution is 6.04. The lowest BCUT2D eigenvalue weighted by Gasteiger charge is -2.39. The Balaban J connectivity index is 1.78. The van der Waals surface area contributed by atoms with Crippen LogP contribution in [0, 0.1) is 0 Å². The molecule has 6 nitrogen and oxygen atoms in total. The summed E-state index contributed by atoms with van der Waals surface area (Å²) in [5.74, 6) is 0.408. The van der Waals surface area contributed by atoms with Crippen LogP contribution in [0.15, 0.2) is 72.8 Å². The van der Waals surface area contributed by atoms with E-state index in [1.165, 1.54) is 0 Å². The van der Waals surface area contributed by atoms with Crippen molar-refractivity contribution < 1.29 is 19.1 Å². The van der Waals surface area contributed by atoms with Gasteiger partial charge in [-0.1, -0.05) is 42.5 Å². The number of amides is 2. The molecule has 1 aliphatic heterocycles. The van der Waals surface area contributed by atoms with E-state index in [4.69, 9.17) is 9.47 Å². The summed E-state index contributed by atoms with van der Waals surface area (Å²) in [4.78, 5) is 28.5. The van der Waals surface area contributed by atoms with E-state index in [0.29, 0.717) is 34.9 Å². The molecule has 2 unspecified atom stereocenters. The Hall–Kier alpha value is -3.80. The van der Waals surface area contributed by atoms with Gasteiger partial charge in [-0.15, -0.1) is 0 Å². The van der Waals surface area contributed by atoms with Crippen LogP contribution in [0.4, 0.5) is 5.69 Å². The molecule has 0 saturated carbocycles. The van der Waals surface area contributed by atoms with Crippen molar-refractivity contribution in [2.75, 3.05) is 26.1 Å². The Labute approximate surface area is 187 Å². The fourth-order valence-corrected chi connectivity index (χ4v) is 4.24. The van der Waals surface area contributed by atoms with E-state index in [1.807, 2.05) is 73.7 Å². The van der Waals surface area contributed by atoms with Crippen LogP contribution in [0.3, 0.4) is 0 Å². The number of nitrogens with zero attached hydrogens (tertiary/aromatic N) is 1. The fraction of sp³-hybridized carbons (Fsp3) is 0.231. The molecule has 0 bridgehead atoms. The molecular weight excluding hydrogens is 404 g/mol.